The first kappa shape index (κ1) is 25.5. The number of nitrogens with one attached hydrogen (secondary N) is 1. The molecule has 0 bridgehead atoms. The van der Waals surface area contributed by atoms with Gasteiger partial charge in [-0.2, -0.15) is 0 Å². The number of fused-ring (bicyclic) bond motifs is 1. The van der Waals surface area contributed by atoms with E-state index in [1.807, 2.05) is 19.1 Å². The molecule has 172 valence electrons. The summed E-state index contributed by atoms with van der Waals surface area (Å²) in [5.41, 5.74) is -1.64. The maximum absolute atomic E-state index is 12.6. The number of ether oxygens (including phenoxy) is 2. The standard InChI is InChI=1S/C20H17Cl6N3O3/c1-3-31-14-10-9-13(11-7-5-6-8-12(11)14)18(20(24,25)26)28-15(16(30)32-4-2)27-17(29-18)19(21,22)23/h5-10H,3-4H2,1-2H3,(H,27,28,29). The van der Waals surface area contributed by atoms with Crippen LogP contribution < -0.4 is 10.1 Å². The van der Waals surface area contributed by atoms with Gasteiger partial charge in [-0.05, 0) is 25.3 Å². The first-order valence-corrected chi connectivity index (χ1v) is 11.6. The quantitative estimate of drug-likeness (QED) is 0.355. The van der Waals surface area contributed by atoms with Crippen molar-refractivity contribution in [3.8, 4) is 5.75 Å². The zero-order chi connectivity index (χ0) is 23.7. The lowest BCUT2D eigenvalue weighted by Gasteiger charge is -2.38. The lowest BCUT2D eigenvalue weighted by atomic mass is 9.93. The average Bonchev–Trinajstić information content (AvgIpc) is 2.72. The van der Waals surface area contributed by atoms with Gasteiger partial charge >= 0.3 is 5.97 Å². The van der Waals surface area contributed by atoms with Gasteiger partial charge in [-0.1, -0.05) is 99.9 Å². The summed E-state index contributed by atoms with van der Waals surface area (Å²) in [5, 5.41) is 3.92. The molecule has 2 aromatic rings. The number of hydrogen-bond acceptors (Lipinski definition) is 6. The molecular formula is C20H17Cl6N3O3. The van der Waals surface area contributed by atoms with Gasteiger partial charge in [0.2, 0.25) is 19.1 Å². The molecule has 1 aliphatic rings. The van der Waals surface area contributed by atoms with E-state index in [0.717, 1.165) is 5.39 Å². The summed E-state index contributed by atoms with van der Waals surface area (Å²) < 4.78 is 6.49. The number of hydrogen-bond donors (Lipinski definition) is 1. The monoisotopic (exact) mass is 557 g/mol. The van der Waals surface area contributed by atoms with Crippen LogP contribution in [-0.2, 0) is 15.2 Å². The van der Waals surface area contributed by atoms with Crippen LogP contribution in [0.1, 0.15) is 19.4 Å². The number of nitrogens with zero attached hydrogens (tertiary/aromatic N) is 2. The third-order valence-corrected chi connectivity index (χ3v) is 5.80. The molecule has 12 heteroatoms. The zero-order valence-corrected chi connectivity index (χ0v) is 21.3. The van der Waals surface area contributed by atoms with Gasteiger partial charge < -0.3 is 14.8 Å². The second-order valence-electron chi connectivity index (χ2n) is 6.52. The van der Waals surface area contributed by atoms with E-state index >= 15 is 0 Å². The lowest BCUT2D eigenvalue weighted by Crippen LogP contribution is -2.53. The van der Waals surface area contributed by atoms with Crippen molar-refractivity contribution in [2.75, 3.05) is 13.2 Å². The highest BCUT2D eigenvalue weighted by molar-refractivity contribution is 6.77. The zero-order valence-electron chi connectivity index (χ0n) is 16.8. The Morgan fingerprint density at radius 1 is 0.969 bits per heavy atom. The van der Waals surface area contributed by atoms with Gasteiger partial charge in [-0.3, -0.25) is 0 Å². The van der Waals surface area contributed by atoms with Crippen LogP contribution in [0.3, 0.4) is 0 Å². The first-order chi connectivity index (χ1) is 14.9. The van der Waals surface area contributed by atoms with E-state index in [9.17, 15) is 4.79 Å². The second kappa shape index (κ2) is 9.61. The number of aliphatic imine (C=N–C) groups is 2. The molecule has 0 saturated heterocycles. The van der Waals surface area contributed by atoms with E-state index in [4.69, 9.17) is 79.1 Å². The van der Waals surface area contributed by atoms with Crippen molar-refractivity contribution < 1.29 is 14.3 Å². The van der Waals surface area contributed by atoms with Crippen LogP contribution in [0.2, 0.25) is 0 Å². The van der Waals surface area contributed by atoms with Gasteiger partial charge in [-0.25, -0.2) is 14.8 Å². The molecule has 3 rings (SSSR count). The Bertz CT molecular complexity index is 1090. The number of benzene rings is 2. The summed E-state index contributed by atoms with van der Waals surface area (Å²) in [5.74, 6) is -0.805. The maximum atomic E-state index is 12.6. The van der Waals surface area contributed by atoms with Crippen LogP contribution in [0.4, 0.5) is 0 Å². The summed E-state index contributed by atoms with van der Waals surface area (Å²) in [6.45, 7) is 4.02. The Kier molecular flexibility index (Phi) is 7.65. The molecule has 0 aromatic heterocycles. The van der Waals surface area contributed by atoms with Gasteiger partial charge in [0.1, 0.15) is 5.75 Å². The smallest absolute Gasteiger partial charge is 0.374 e. The van der Waals surface area contributed by atoms with Gasteiger partial charge in [0.05, 0.1) is 13.2 Å². The molecule has 0 spiro atoms. The molecule has 0 radical (unpaired) electrons. The highest BCUT2D eigenvalue weighted by Gasteiger charge is 2.55. The van der Waals surface area contributed by atoms with Crippen LogP contribution in [-0.4, -0.2) is 38.4 Å². The average molecular weight is 560 g/mol. The minimum atomic E-state index is -2.20. The SMILES string of the molecule is CCOC(=O)C1=NC(c2ccc(OCC)c3ccccc23)(C(Cl)(Cl)Cl)N=C(C(Cl)(Cl)Cl)N1. The minimum absolute atomic E-state index is 0.0759. The Morgan fingerprint density at radius 3 is 2.19 bits per heavy atom. The predicted molar refractivity (Wildman–Crippen MR) is 132 cm³/mol. The Labute approximate surface area is 214 Å². The summed E-state index contributed by atoms with van der Waals surface area (Å²) in [4.78, 5) is 21.4. The topological polar surface area (TPSA) is 72.3 Å². The molecule has 1 heterocycles. The number of amidine groups is 2. The fourth-order valence-corrected chi connectivity index (χ4v) is 4.03. The number of esters is 1. The third-order valence-electron chi connectivity index (χ3n) is 4.48. The highest BCUT2D eigenvalue weighted by Crippen LogP contribution is 2.53. The summed E-state index contributed by atoms with van der Waals surface area (Å²) in [6, 6.07) is 10.6. The van der Waals surface area contributed by atoms with Crippen LogP contribution in [0.15, 0.2) is 46.4 Å². The van der Waals surface area contributed by atoms with Gasteiger partial charge in [0.15, 0.2) is 5.84 Å². The molecule has 0 fully saturated rings. The van der Waals surface area contributed by atoms with Crippen LogP contribution >= 0.6 is 69.6 Å². The van der Waals surface area contributed by atoms with E-state index in [2.05, 4.69) is 15.3 Å². The molecule has 32 heavy (non-hydrogen) atoms. The fraction of sp³-hybridized carbons (Fsp3) is 0.350. The molecule has 6 nitrogen and oxygen atoms in total. The van der Waals surface area contributed by atoms with Crippen molar-refractivity contribution in [1.82, 2.24) is 5.32 Å². The fourth-order valence-electron chi connectivity index (χ4n) is 3.20. The van der Waals surface area contributed by atoms with Gasteiger partial charge in [0.25, 0.3) is 0 Å². The van der Waals surface area contributed by atoms with E-state index < -0.39 is 19.2 Å². The highest BCUT2D eigenvalue weighted by atomic mass is 35.6. The first-order valence-electron chi connectivity index (χ1n) is 9.37. The normalized spacial score (nSPS) is 19.1. The number of carbonyl (C=O) groups is 1. The maximum Gasteiger partial charge on any atom is 0.374 e. The molecule has 1 aliphatic heterocycles. The van der Waals surface area contributed by atoms with Crippen molar-refractivity contribution in [3.05, 3.63) is 42.0 Å². The van der Waals surface area contributed by atoms with Gasteiger partial charge in [0, 0.05) is 10.9 Å². The molecule has 2 aromatic carbocycles. The Morgan fingerprint density at radius 2 is 1.62 bits per heavy atom. The molecule has 1 atom stereocenters. The van der Waals surface area contributed by atoms with Crippen molar-refractivity contribution in [2.24, 2.45) is 9.98 Å². The lowest BCUT2D eigenvalue weighted by molar-refractivity contribution is -0.135. The number of alkyl halides is 6. The van der Waals surface area contributed by atoms with E-state index in [1.54, 1.807) is 31.2 Å². The molecular weight excluding hydrogens is 543 g/mol. The van der Waals surface area contributed by atoms with Gasteiger partial charge in [-0.15, -0.1) is 0 Å². The summed E-state index contributed by atoms with van der Waals surface area (Å²) in [6.07, 6.45) is 0. The van der Waals surface area contributed by atoms with Crippen LogP contribution in [0, 0.1) is 0 Å². The Hall–Kier alpha value is -1.15. The Balaban J connectivity index is 2.40. The van der Waals surface area contributed by atoms with Crippen LogP contribution in [0.25, 0.3) is 10.8 Å². The minimum Gasteiger partial charge on any atom is -0.493 e. The van der Waals surface area contributed by atoms with E-state index in [-0.39, 0.29) is 18.3 Å². The number of rotatable bonds is 5. The number of carbonyl (C=O) groups excluding carboxylic acids is 1. The van der Waals surface area contributed by atoms with E-state index in [1.165, 1.54) is 0 Å². The number of halogens is 6. The van der Waals surface area contributed by atoms with Crippen molar-refractivity contribution in [3.63, 3.8) is 0 Å². The second-order valence-corrected chi connectivity index (χ2v) is 11.1. The summed E-state index contributed by atoms with van der Waals surface area (Å²) >= 11 is 37.6. The predicted octanol–water partition coefficient (Wildman–Crippen LogP) is 6.10. The summed E-state index contributed by atoms with van der Waals surface area (Å²) in [7, 11) is 0. The third kappa shape index (κ3) is 4.86. The van der Waals surface area contributed by atoms with Crippen molar-refractivity contribution in [1.29, 1.82) is 0 Å². The molecule has 0 saturated carbocycles. The van der Waals surface area contributed by atoms with E-state index in [0.29, 0.717) is 23.3 Å². The largest absolute Gasteiger partial charge is 0.493 e. The van der Waals surface area contributed by atoms with Crippen molar-refractivity contribution in [2.45, 2.75) is 27.1 Å². The van der Waals surface area contributed by atoms with Crippen molar-refractivity contribution >= 4 is 98.0 Å². The molecule has 0 aliphatic carbocycles. The molecule has 1 unspecified atom stereocenters. The molecule has 0 amide bonds. The molecule has 1 N–H and O–H groups in total. The van der Waals surface area contributed by atoms with Crippen LogP contribution in [0.5, 0.6) is 5.75 Å².